The van der Waals surface area contributed by atoms with Crippen molar-refractivity contribution in [3.8, 4) is 17.0 Å². The van der Waals surface area contributed by atoms with Gasteiger partial charge in [0.25, 0.3) is 0 Å². The molecular formula is C19H19NO3. The van der Waals surface area contributed by atoms with Crippen LogP contribution in [-0.2, 0) is 6.61 Å². The molecule has 0 radical (unpaired) electrons. The molecular weight excluding hydrogens is 290 g/mol. The maximum absolute atomic E-state index is 9.55. The Labute approximate surface area is 135 Å². The first-order chi connectivity index (χ1) is 11.2. The first kappa shape index (κ1) is 15.5. The summed E-state index contributed by atoms with van der Waals surface area (Å²) in [5.41, 5.74) is 4.54. The van der Waals surface area contributed by atoms with Gasteiger partial charge in [-0.2, -0.15) is 0 Å². The zero-order valence-corrected chi connectivity index (χ0v) is 13.0. The van der Waals surface area contributed by atoms with Gasteiger partial charge in [0.1, 0.15) is 12.4 Å². The van der Waals surface area contributed by atoms with E-state index < -0.39 is 0 Å². The van der Waals surface area contributed by atoms with Crippen molar-refractivity contribution in [3.05, 3.63) is 59.7 Å². The minimum Gasteiger partial charge on any atom is -0.491 e. The lowest BCUT2D eigenvalue weighted by Gasteiger charge is -2.11. The quantitative estimate of drug-likeness (QED) is 0.760. The van der Waals surface area contributed by atoms with Crippen molar-refractivity contribution < 1.29 is 14.9 Å². The molecule has 0 aliphatic rings. The zero-order chi connectivity index (χ0) is 16.2. The normalized spacial score (nSPS) is 10.9. The fourth-order valence-corrected chi connectivity index (χ4v) is 2.66. The van der Waals surface area contributed by atoms with Gasteiger partial charge in [-0.15, -0.1) is 0 Å². The van der Waals surface area contributed by atoms with Gasteiger partial charge >= 0.3 is 0 Å². The molecule has 0 saturated carbocycles. The van der Waals surface area contributed by atoms with Crippen LogP contribution in [0.5, 0.6) is 5.75 Å². The molecule has 4 heteroatoms. The Morgan fingerprint density at radius 1 is 1.04 bits per heavy atom. The van der Waals surface area contributed by atoms with E-state index in [9.17, 15) is 5.11 Å². The number of hydrogen-bond acceptors (Lipinski definition) is 4. The Kier molecular flexibility index (Phi) is 4.55. The molecule has 1 aromatic heterocycles. The number of nitrogens with zero attached hydrogens (tertiary/aromatic N) is 1. The number of ether oxygens (including phenoxy) is 1. The van der Waals surface area contributed by atoms with Crippen LogP contribution in [0.3, 0.4) is 0 Å². The third-order valence-corrected chi connectivity index (χ3v) is 3.79. The van der Waals surface area contributed by atoms with Crippen molar-refractivity contribution in [1.82, 2.24) is 4.98 Å². The summed E-state index contributed by atoms with van der Waals surface area (Å²) in [5.74, 6) is 0.701. The Bertz CT molecular complexity index is 830. The van der Waals surface area contributed by atoms with Gasteiger partial charge in [0.05, 0.1) is 24.4 Å². The average Bonchev–Trinajstić information content (AvgIpc) is 2.59. The molecule has 118 valence electrons. The summed E-state index contributed by atoms with van der Waals surface area (Å²) in [7, 11) is 0. The Hall–Kier alpha value is -2.43. The highest BCUT2D eigenvalue weighted by Crippen LogP contribution is 2.28. The van der Waals surface area contributed by atoms with E-state index in [4.69, 9.17) is 14.8 Å². The monoisotopic (exact) mass is 309 g/mol. The van der Waals surface area contributed by atoms with Crippen molar-refractivity contribution in [3.63, 3.8) is 0 Å². The number of aryl methyl sites for hydroxylation is 1. The fourth-order valence-electron chi connectivity index (χ4n) is 2.66. The SMILES string of the molecule is Cc1cc(-c2cccc(OCCO)c2)nc2c(CO)cccc12. The molecule has 0 fully saturated rings. The van der Waals surface area contributed by atoms with Gasteiger partial charge in [-0.3, -0.25) is 0 Å². The Morgan fingerprint density at radius 2 is 1.87 bits per heavy atom. The van der Waals surface area contributed by atoms with E-state index in [2.05, 4.69) is 0 Å². The highest BCUT2D eigenvalue weighted by Gasteiger charge is 2.09. The molecule has 4 nitrogen and oxygen atoms in total. The number of benzene rings is 2. The molecule has 0 aliphatic heterocycles. The van der Waals surface area contributed by atoms with Crippen molar-refractivity contribution in [2.24, 2.45) is 0 Å². The molecule has 1 heterocycles. The van der Waals surface area contributed by atoms with Crippen LogP contribution >= 0.6 is 0 Å². The maximum Gasteiger partial charge on any atom is 0.120 e. The molecule has 0 spiro atoms. The van der Waals surface area contributed by atoms with E-state index in [1.807, 2.05) is 55.5 Å². The third kappa shape index (κ3) is 3.18. The number of aliphatic hydroxyl groups is 2. The van der Waals surface area contributed by atoms with Gasteiger partial charge in [0.2, 0.25) is 0 Å². The summed E-state index contributed by atoms with van der Waals surface area (Å²) in [6, 6.07) is 15.5. The molecule has 0 saturated heterocycles. The minimum absolute atomic E-state index is 0.0164. The van der Waals surface area contributed by atoms with E-state index >= 15 is 0 Å². The van der Waals surface area contributed by atoms with E-state index in [1.54, 1.807) is 0 Å². The first-order valence-corrected chi connectivity index (χ1v) is 7.57. The highest BCUT2D eigenvalue weighted by atomic mass is 16.5. The number of hydrogen-bond donors (Lipinski definition) is 2. The minimum atomic E-state index is -0.0348. The van der Waals surface area contributed by atoms with Crippen LogP contribution in [-0.4, -0.2) is 28.4 Å². The maximum atomic E-state index is 9.55. The lowest BCUT2D eigenvalue weighted by Crippen LogP contribution is -2.01. The van der Waals surface area contributed by atoms with Crippen molar-refractivity contribution >= 4 is 10.9 Å². The largest absolute Gasteiger partial charge is 0.491 e. The van der Waals surface area contributed by atoms with Crippen molar-refractivity contribution in [2.75, 3.05) is 13.2 Å². The number of aromatic nitrogens is 1. The molecule has 0 bridgehead atoms. The van der Waals surface area contributed by atoms with E-state index in [0.717, 1.165) is 33.3 Å². The lowest BCUT2D eigenvalue weighted by atomic mass is 10.0. The summed E-state index contributed by atoms with van der Waals surface area (Å²) < 4.78 is 5.46. The van der Waals surface area contributed by atoms with Crippen molar-refractivity contribution in [2.45, 2.75) is 13.5 Å². The van der Waals surface area contributed by atoms with Gasteiger partial charge < -0.3 is 14.9 Å². The third-order valence-electron chi connectivity index (χ3n) is 3.79. The van der Waals surface area contributed by atoms with Crippen LogP contribution in [0.1, 0.15) is 11.1 Å². The molecule has 23 heavy (non-hydrogen) atoms. The number of rotatable bonds is 5. The predicted octanol–water partition coefficient (Wildman–Crippen LogP) is 3.07. The summed E-state index contributed by atoms with van der Waals surface area (Å²) in [4.78, 5) is 4.73. The summed E-state index contributed by atoms with van der Waals surface area (Å²) in [6.07, 6.45) is 0. The molecule has 0 atom stereocenters. The topological polar surface area (TPSA) is 62.6 Å². The Morgan fingerprint density at radius 3 is 2.65 bits per heavy atom. The molecule has 2 N–H and O–H groups in total. The molecule has 2 aromatic carbocycles. The van der Waals surface area contributed by atoms with Crippen LogP contribution in [0, 0.1) is 6.92 Å². The van der Waals surface area contributed by atoms with E-state index in [0.29, 0.717) is 5.75 Å². The zero-order valence-electron chi connectivity index (χ0n) is 13.0. The van der Waals surface area contributed by atoms with Gasteiger partial charge in [0.15, 0.2) is 0 Å². The van der Waals surface area contributed by atoms with Crippen LogP contribution < -0.4 is 4.74 Å². The Balaban J connectivity index is 2.09. The second-order valence-corrected chi connectivity index (χ2v) is 5.40. The summed E-state index contributed by atoms with van der Waals surface area (Å²) in [5, 5.41) is 19.5. The molecule has 0 amide bonds. The van der Waals surface area contributed by atoms with Crippen molar-refractivity contribution in [1.29, 1.82) is 0 Å². The number of para-hydroxylation sites is 1. The molecule has 0 unspecified atom stereocenters. The molecule has 3 aromatic rings. The smallest absolute Gasteiger partial charge is 0.120 e. The van der Waals surface area contributed by atoms with Gasteiger partial charge in [-0.1, -0.05) is 30.3 Å². The van der Waals surface area contributed by atoms with Crippen LogP contribution in [0.2, 0.25) is 0 Å². The number of pyridine rings is 1. The summed E-state index contributed by atoms with van der Waals surface area (Å²) >= 11 is 0. The fraction of sp³-hybridized carbons (Fsp3) is 0.211. The molecule has 0 aliphatic carbocycles. The standard InChI is InChI=1S/C19H19NO3/c1-13-10-18(14-4-2-6-16(11-14)23-9-8-21)20-19-15(12-22)5-3-7-17(13)19/h2-7,10-11,21-22H,8-9,12H2,1H3. The highest BCUT2D eigenvalue weighted by molar-refractivity contribution is 5.87. The van der Waals surface area contributed by atoms with Crippen LogP contribution in [0.25, 0.3) is 22.2 Å². The lowest BCUT2D eigenvalue weighted by molar-refractivity contribution is 0.201. The van der Waals surface area contributed by atoms with Gasteiger partial charge in [-0.05, 0) is 30.7 Å². The predicted molar refractivity (Wildman–Crippen MR) is 90.4 cm³/mol. The number of fused-ring (bicyclic) bond motifs is 1. The second-order valence-electron chi connectivity index (χ2n) is 5.40. The van der Waals surface area contributed by atoms with E-state index in [1.165, 1.54) is 0 Å². The van der Waals surface area contributed by atoms with Gasteiger partial charge in [-0.25, -0.2) is 4.98 Å². The van der Waals surface area contributed by atoms with Crippen LogP contribution in [0.4, 0.5) is 0 Å². The first-order valence-electron chi connectivity index (χ1n) is 7.57. The van der Waals surface area contributed by atoms with Crippen LogP contribution in [0.15, 0.2) is 48.5 Å². The average molecular weight is 309 g/mol. The van der Waals surface area contributed by atoms with E-state index in [-0.39, 0.29) is 19.8 Å². The van der Waals surface area contributed by atoms with Gasteiger partial charge in [0, 0.05) is 16.5 Å². The second kappa shape index (κ2) is 6.77. The molecule has 3 rings (SSSR count). The summed E-state index contributed by atoms with van der Waals surface area (Å²) in [6.45, 7) is 2.26. The number of aliphatic hydroxyl groups excluding tert-OH is 2.